The number of carbonyl (C=O) groups excluding carboxylic acids is 5. The van der Waals surface area contributed by atoms with E-state index in [1.807, 2.05) is 76.2 Å². The van der Waals surface area contributed by atoms with Gasteiger partial charge in [0.15, 0.2) is 0 Å². The molecule has 4 aromatic rings. The fraction of sp³-hybridized carbons (Fsp3) is 0.348. The van der Waals surface area contributed by atoms with Crippen molar-refractivity contribution in [2.45, 2.75) is 90.0 Å². The lowest BCUT2D eigenvalue weighted by atomic mass is 9.98. The Morgan fingerprint density at radius 1 is 0.424 bits per heavy atom. The maximum atomic E-state index is 14.2. The normalized spacial score (nSPS) is 13.5. The summed E-state index contributed by atoms with van der Waals surface area (Å²) in [6, 6.07) is 29.6. The summed E-state index contributed by atoms with van der Waals surface area (Å²) in [5, 5.41) is 26.5. The van der Waals surface area contributed by atoms with Crippen molar-refractivity contribution in [3.05, 3.63) is 138 Å². The summed E-state index contributed by atoms with van der Waals surface area (Å²) in [5.41, 5.74) is 2.76. The predicted octanol–water partition coefficient (Wildman–Crippen LogP) is 5.02. The average Bonchev–Trinajstić information content (AvgIpc) is 3.20. The predicted molar refractivity (Wildman–Crippen MR) is 227 cm³/mol. The Hall–Kier alpha value is -6.50. The molecule has 0 saturated heterocycles. The molecule has 0 heterocycles. The molecule has 0 aromatic heterocycles. The number of carbonyl (C=O) groups is 6. The molecule has 312 valence electrons. The van der Waals surface area contributed by atoms with Gasteiger partial charge in [-0.2, -0.15) is 0 Å². The minimum atomic E-state index is -1.25. The lowest BCUT2D eigenvalue weighted by molar-refractivity contribution is -0.142. The Morgan fingerprint density at radius 2 is 0.729 bits per heavy atom. The van der Waals surface area contributed by atoms with Crippen LogP contribution < -0.4 is 31.9 Å². The van der Waals surface area contributed by atoms with Gasteiger partial charge in [-0.15, -0.1) is 0 Å². The highest BCUT2D eigenvalue weighted by molar-refractivity contribution is 5.97. The number of nitrogens with one attached hydrogen (secondary N) is 6. The zero-order chi connectivity index (χ0) is 42.7. The summed E-state index contributed by atoms with van der Waals surface area (Å²) in [6.07, 6.45) is 0.639. The maximum absolute atomic E-state index is 14.2. The van der Waals surface area contributed by atoms with Crippen LogP contribution in [0.3, 0.4) is 0 Å². The molecule has 13 nitrogen and oxygen atoms in total. The second-order valence-electron chi connectivity index (χ2n) is 15.4. The second kappa shape index (κ2) is 23.0. The largest absolute Gasteiger partial charge is 0.480 e. The van der Waals surface area contributed by atoms with Gasteiger partial charge in [-0.25, -0.2) is 9.59 Å². The number of urea groups is 1. The topological polar surface area (TPSA) is 195 Å². The van der Waals surface area contributed by atoms with Gasteiger partial charge in [0.2, 0.25) is 23.6 Å². The first kappa shape index (κ1) is 45.2. The first-order valence-electron chi connectivity index (χ1n) is 20.0. The molecule has 6 amide bonds. The zero-order valence-corrected chi connectivity index (χ0v) is 34.0. The lowest BCUT2D eigenvalue weighted by Gasteiger charge is -2.28. The number of benzene rings is 4. The van der Waals surface area contributed by atoms with Crippen LogP contribution in [0.1, 0.15) is 57.2 Å². The number of rotatable bonds is 21. The van der Waals surface area contributed by atoms with Crippen LogP contribution in [-0.2, 0) is 43.2 Å². The van der Waals surface area contributed by atoms with E-state index in [0.717, 1.165) is 16.7 Å². The molecule has 0 spiro atoms. The smallest absolute Gasteiger partial charge is 0.326 e. The Morgan fingerprint density at radius 3 is 1.10 bits per heavy atom. The molecule has 0 unspecified atom stereocenters. The average molecular weight is 805 g/mol. The van der Waals surface area contributed by atoms with Gasteiger partial charge in [0.05, 0.1) is 0 Å². The second-order valence-corrected chi connectivity index (χ2v) is 15.4. The van der Waals surface area contributed by atoms with E-state index in [4.69, 9.17) is 0 Å². The fourth-order valence-electron chi connectivity index (χ4n) is 6.51. The first-order valence-corrected chi connectivity index (χ1v) is 20.0. The molecule has 0 aliphatic carbocycles. The van der Waals surface area contributed by atoms with Crippen molar-refractivity contribution in [3.63, 3.8) is 0 Å². The molecular formula is C46H56N6O7. The molecule has 0 aliphatic rings. The first-order chi connectivity index (χ1) is 28.3. The molecular weight excluding hydrogens is 749 g/mol. The standard InChI is InChI=1S/C46H56N6O7/c1-30(2)25-36(49-44(56)39(28-33-19-11-6-12-20-33)52-46(59)47-35-23-15-8-16-24-35)41(53)50-38(27-32-17-9-5-10-18-32)43(55)48-37(26-31(3)4)42(54)51-40(45(57)58)29-34-21-13-7-14-22-34/h5-24,30-31,36-40H,25-29H2,1-4H3,(H,48,55)(H,49,56)(H,50,53)(H,51,54)(H,57,58)(H2,47,52,59)/t36-,37-,38+,39+,40+/m1/s1. The number of amides is 6. The van der Waals surface area contributed by atoms with Crippen molar-refractivity contribution in [3.8, 4) is 0 Å². The van der Waals surface area contributed by atoms with Crippen LogP contribution in [0.15, 0.2) is 121 Å². The van der Waals surface area contributed by atoms with Crippen LogP contribution in [0.2, 0.25) is 0 Å². The van der Waals surface area contributed by atoms with E-state index >= 15 is 0 Å². The molecule has 0 fully saturated rings. The lowest BCUT2D eigenvalue weighted by Crippen LogP contribution is -2.60. The van der Waals surface area contributed by atoms with Crippen molar-refractivity contribution >= 4 is 41.3 Å². The number of aliphatic carboxylic acids is 1. The fourth-order valence-corrected chi connectivity index (χ4v) is 6.51. The van der Waals surface area contributed by atoms with Crippen molar-refractivity contribution in [2.75, 3.05) is 5.32 Å². The molecule has 13 heteroatoms. The van der Waals surface area contributed by atoms with Crippen LogP contribution in [0.5, 0.6) is 0 Å². The highest BCUT2D eigenvalue weighted by Gasteiger charge is 2.33. The van der Waals surface area contributed by atoms with E-state index in [2.05, 4.69) is 31.9 Å². The highest BCUT2D eigenvalue weighted by Crippen LogP contribution is 2.13. The monoisotopic (exact) mass is 804 g/mol. The number of hydrogen-bond acceptors (Lipinski definition) is 6. The Balaban J connectivity index is 1.55. The van der Waals surface area contributed by atoms with E-state index in [9.17, 15) is 33.9 Å². The minimum absolute atomic E-state index is 0.0410. The maximum Gasteiger partial charge on any atom is 0.326 e. The van der Waals surface area contributed by atoms with Crippen molar-refractivity contribution in [2.24, 2.45) is 11.8 Å². The summed E-state index contributed by atoms with van der Waals surface area (Å²) in [6.45, 7) is 7.53. The summed E-state index contributed by atoms with van der Waals surface area (Å²) < 4.78 is 0. The quantitative estimate of drug-likeness (QED) is 0.0615. The van der Waals surface area contributed by atoms with E-state index in [1.54, 1.807) is 72.8 Å². The summed E-state index contributed by atoms with van der Waals surface area (Å²) >= 11 is 0. The SMILES string of the molecule is CC(C)C[C@@H](NC(=O)[C@H](Cc1ccccc1)NC(=O)[C@@H](CC(C)C)NC(=O)[C@H](Cc1ccccc1)NC(=O)Nc1ccccc1)C(=O)N[C@@H](Cc1ccccc1)C(=O)O. The van der Waals surface area contributed by atoms with E-state index in [0.29, 0.717) is 5.69 Å². The van der Waals surface area contributed by atoms with Gasteiger partial charge in [0.25, 0.3) is 0 Å². The summed E-state index contributed by atoms with van der Waals surface area (Å²) in [4.78, 5) is 81.4. The third kappa shape index (κ3) is 15.8. The Labute approximate surface area is 346 Å². The van der Waals surface area contributed by atoms with Crippen LogP contribution in [-0.4, -0.2) is 70.9 Å². The number of carboxylic acids is 1. The van der Waals surface area contributed by atoms with Gasteiger partial charge in [0, 0.05) is 24.9 Å². The third-order valence-electron chi connectivity index (χ3n) is 9.43. The number of para-hydroxylation sites is 1. The van der Waals surface area contributed by atoms with Gasteiger partial charge >= 0.3 is 12.0 Å². The van der Waals surface area contributed by atoms with E-state index < -0.39 is 65.8 Å². The number of hydrogen-bond donors (Lipinski definition) is 7. The minimum Gasteiger partial charge on any atom is -0.480 e. The third-order valence-corrected chi connectivity index (χ3v) is 9.43. The van der Waals surface area contributed by atoms with Gasteiger partial charge in [-0.1, -0.05) is 137 Å². The molecule has 4 aromatic carbocycles. The van der Waals surface area contributed by atoms with Crippen molar-refractivity contribution < 1.29 is 33.9 Å². The molecule has 5 atom stereocenters. The Kier molecular flexibility index (Phi) is 17.7. The molecule has 0 aliphatic heterocycles. The molecule has 59 heavy (non-hydrogen) atoms. The number of carboxylic acid groups (broad SMARTS) is 1. The van der Waals surface area contributed by atoms with Crippen LogP contribution in [0.4, 0.5) is 10.5 Å². The van der Waals surface area contributed by atoms with Crippen molar-refractivity contribution in [1.82, 2.24) is 26.6 Å². The van der Waals surface area contributed by atoms with Crippen molar-refractivity contribution in [1.29, 1.82) is 0 Å². The van der Waals surface area contributed by atoms with Gasteiger partial charge < -0.3 is 37.0 Å². The van der Waals surface area contributed by atoms with Gasteiger partial charge in [-0.05, 0) is 53.5 Å². The molecule has 7 N–H and O–H groups in total. The summed E-state index contributed by atoms with van der Waals surface area (Å²) in [5.74, 6) is -3.91. The summed E-state index contributed by atoms with van der Waals surface area (Å²) in [7, 11) is 0. The Bertz CT molecular complexity index is 1960. The zero-order valence-electron chi connectivity index (χ0n) is 34.0. The molecule has 0 radical (unpaired) electrons. The molecule has 4 rings (SSSR count). The van der Waals surface area contributed by atoms with Gasteiger partial charge in [-0.3, -0.25) is 19.2 Å². The van der Waals surface area contributed by atoms with Crippen LogP contribution in [0.25, 0.3) is 0 Å². The van der Waals surface area contributed by atoms with Crippen LogP contribution in [0, 0.1) is 11.8 Å². The molecule has 0 saturated carbocycles. The number of anilines is 1. The van der Waals surface area contributed by atoms with Crippen LogP contribution >= 0.6 is 0 Å². The molecule has 0 bridgehead atoms. The van der Waals surface area contributed by atoms with Gasteiger partial charge in [0.1, 0.15) is 30.2 Å². The highest BCUT2D eigenvalue weighted by atomic mass is 16.4. The van der Waals surface area contributed by atoms with E-state index in [-0.39, 0.29) is 43.9 Å². The van der Waals surface area contributed by atoms with E-state index in [1.165, 1.54) is 0 Å².